The van der Waals surface area contributed by atoms with Crippen molar-refractivity contribution in [2.24, 2.45) is 0 Å². The van der Waals surface area contributed by atoms with Crippen molar-refractivity contribution < 1.29 is 13.6 Å². The third-order valence-corrected chi connectivity index (χ3v) is 4.43. The van der Waals surface area contributed by atoms with Crippen molar-refractivity contribution in [2.75, 3.05) is 6.54 Å². The van der Waals surface area contributed by atoms with Crippen LogP contribution in [0.15, 0.2) is 23.0 Å². The van der Waals surface area contributed by atoms with E-state index in [0.29, 0.717) is 10.6 Å². The number of nitrogens with zero attached hydrogens (tertiary/aromatic N) is 4. The normalized spacial score (nSPS) is 14.1. The number of rotatable bonds is 3. The van der Waals surface area contributed by atoms with E-state index < -0.39 is 18.7 Å². The van der Waals surface area contributed by atoms with Crippen LogP contribution in [0.5, 0.6) is 0 Å². The number of fused-ring (bicyclic) bond motifs is 1. The van der Waals surface area contributed by atoms with Crippen LogP contribution >= 0.6 is 23.2 Å². The summed E-state index contributed by atoms with van der Waals surface area (Å²) in [4.78, 5) is 26.0. The topological polar surface area (TPSA) is 60.1 Å². The van der Waals surface area contributed by atoms with Gasteiger partial charge in [-0.05, 0) is 18.2 Å². The van der Waals surface area contributed by atoms with Crippen molar-refractivity contribution in [3.05, 3.63) is 50.1 Å². The van der Waals surface area contributed by atoms with Gasteiger partial charge in [0.05, 0.1) is 16.6 Å². The highest BCUT2D eigenvalue weighted by molar-refractivity contribution is 6.42. The van der Waals surface area contributed by atoms with E-state index in [1.807, 2.05) is 0 Å². The smallest absolute Gasteiger partial charge is 0.329 e. The molecule has 0 radical (unpaired) electrons. The maximum Gasteiger partial charge on any atom is 0.346 e. The Morgan fingerprint density at radius 1 is 1.25 bits per heavy atom. The summed E-state index contributed by atoms with van der Waals surface area (Å²) in [5, 5.41) is 4.50. The fraction of sp³-hybridized carbons (Fsp3) is 0.357. The lowest BCUT2D eigenvalue weighted by Gasteiger charge is -2.26. The van der Waals surface area contributed by atoms with E-state index in [-0.39, 0.29) is 36.4 Å². The summed E-state index contributed by atoms with van der Waals surface area (Å²) < 4.78 is 27.0. The van der Waals surface area contributed by atoms with Crippen LogP contribution in [0.4, 0.5) is 8.78 Å². The Morgan fingerprint density at radius 3 is 2.67 bits per heavy atom. The Hall–Kier alpha value is -1.93. The lowest BCUT2D eigenvalue weighted by Crippen LogP contribution is -2.41. The molecule has 2 aromatic rings. The number of benzene rings is 1. The quantitative estimate of drug-likeness (QED) is 0.825. The monoisotopic (exact) mass is 376 g/mol. The van der Waals surface area contributed by atoms with E-state index in [9.17, 15) is 18.4 Å². The predicted octanol–water partition coefficient (Wildman–Crippen LogP) is 2.27. The average molecular weight is 377 g/mol. The summed E-state index contributed by atoms with van der Waals surface area (Å²) in [7, 11) is 0. The highest BCUT2D eigenvalue weighted by atomic mass is 35.5. The van der Waals surface area contributed by atoms with E-state index in [2.05, 4.69) is 5.10 Å². The van der Waals surface area contributed by atoms with Crippen molar-refractivity contribution in [2.45, 2.75) is 26.1 Å². The van der Waals surface area contributed by atoms with Gasteiger partial charge in [-0.15, -0.1) is 0 Å². The molecule has 1 aromatic carbocycles. The number of aromatic nitrogens is 3. The lowest BCUT2D eigenvalue weighted by atomic mass is 10.2. The number of halogens is 4. The SMILES string of the molecule is O=C(c1ccc(Cl)c(Cl)c1)N1CCn2c(nn(CC(F)F)c2=O)C1. The molecule has 1 aliphatic heterocycles. The molecule has 1 amide bonds. The minimum Gasteiger partial charge on any atom is -0.329 e. The molecular weight excluding hydrogens is 365 g/mol. The van der Waals surface area contributed by atoms with Crippen LogP contribution in [0.3, 0.4) is 0 Å². The van der Waals surface area contributed by atoms with Gasteiger partial charge in [-0.1, -0.05) is 23.2 Å². The zero-order valence-corrected chi connectivity index (χ0v) is 13.8. The van der Waals surface area contributed by atoms with Crippen molar-refractivity contribution in [3.63, 3.8) is 0 Å². The molecule has 0 unspecified atom stereocenters. The molecular formula is C14H12Cl2F2N4O2. The van der Waals surface area contributed by atoms with E-state index >= 15 is 0 Å². The highest BCUT2D eigenvalue weighted by Gasteiger charge is 2.26. The van der Waals surface area contributed by atoms with Crippen molar-refractivity contribution in [1.82, 2.24) is 19.2 Å². The number of hydrogen-bond acceptors (Lipinski definition) is 3. The second-order valence-corrected chi connectivity index (χ2v) is 6.09. The summed E-state index contributed by atoms with van der Waals surface area (Å²) in [6, 6.07) is 4.53. The van der Waals surface area contributed by atoms with Gasteiger partial charge in [0.25, 0.3) is 12.3 Å². The Kier molecular flexibility index (Phi) is 4.60. The molecule has 1 aliphatic rings. The Morgan fingerprint density at radius 2 is 2.00 bits per heavy atom. The van der Waals surface area contributed by atoms with Crippen LogP contribution in [0, 0.1) is 0 Å². The molecule has 1 aromatic heterocycles. The Bertz CT molecular complexity index is 850. The molecule has 24 heavy (non-hydrogen) atoms. The predicted molar refractivity (Wildman–Crippen MR) is 83.7 cm³/mol. The van der Waals surface area contributed by atoms with Gasteiger partial charge in [0.1, 0.15) is 6.54 Å². The second kappa shape index (κ2) is 6.52. The molecule has 2 heterocycles. The van der Waals surface area contributed by atoms with Crippen LogP contribution in [0.1, 0.15) is 16.2 Å². The molecule has 10 heteroatoms. The van der Waals surface area contributed by atoms with Gasteiger partial charge in [0, 0.05) is 18.7 Å². The Balaban J connectivity index is 1.83. The summed E-state index contributed by atoms with van der Waals surface area (Å²) >= 11 is 11.7. The van der Waals surface area contributed by atoms with Gasteiger partial charge < -0.3 is 4.90 Å². The minimum atomic E-state index is -2.67. The van der Waals surface area contributed by atoms with Gasteiger partial charge >= 0.3 is 5.69 Å². The van der Waals surface area contributed by atoms with Crippen molar-refractivity contribution in [1.29, 1.82) is 0 Å². The first-order chi connectivity index (χ1) is 11.4. The number of hydrogen-bond donors (Lipinski definition) is 0. The molecule has 0 N–H and O–H groups in total. The summed E-state index contributed by atoms with van der Waals surface area (Å²) in [5.74, 6) is -0.0176. The third kappa shape index (κ3) is 3.16. The standard InChI is InChI=1S/C14H12Cl2F2N4O2/c15-9-2-1-8(5-10(9)16)13(23)20-3-4-21-12(7-20)19-22(14(21)24)6-11(17)18/h1-2,5,11H,3-4,6-7H2. The summed E-state index contributed by atoms with van der Waals surface area (Å²) in [5.41, 5.74) is -0.237. The minimum absolute atomic E-state index is 0.0601. The van der Waals surface area contributed by atoms with E-state index in [1.54, 1.807) is 6.07 Å². The van der Waals surface area contributed by atoms with Gasteiger partial charge in [0.2, 0.25) is 0 Å². The zero-order chi connectivity index (χ0) is 17.4. The molecule has 0 saturated heterocycles. The van der Waals surface area contributed by atoms with Gasteiger partial charge in [-0.2, -0.15) is 5.10 Å². The number of carbonyl (C=O) groups is 1. The Labute approximate surface area is 145 Å². The maximum absolute atomic E-state index is 12.5. The lowest BCUT2D eigenvalue weighted by molar-refractivity contribution is 0.0706. The second-order valence-electron chi connectivity index (χ2n) is 5.28. The molecule has 0 bridgehead atoms. The first-order valence-electron chi connectivity index (χ1n) is 7.06. The highest BCUT2D eigenvalue weighted by Crippen LogP contribution is 2.24. The third-order valence-electron chi connectivity index (χ3n) is 3.69. The average Bonchev–Trinajstić information content (AvgIpc) is 2.84. The molecule has 3 rings (SSSR count). The first-order valence-corrected chi connectivity index (χ1v) is 7.81. The molecule has 0 spiro atoms. The largest absolute Gasteiger partial charge is 0.346 e. The molecule has 0 saturated carbocycles. The summed E-state index contributed by atoms with van der Waals surface area (Å²) in [6.07, 6.45) is -2.67. The van der Waals surface area contributed by atoms with Crippen LogP contribution in [0.2, 0.25) is 10.0 Å². The van der Waals surface area contributed by atoms with Crippen LogP contribution < -0.4 is 5.69 Å². The van der Waals surface area contributed by atoms with E-state index in [4.69, 9.17) is 23.2 Å². The maximum atomic E-state index is 12.5. The first kappa shape index (κ1) is 16.9. The van der Waals surface area contributed by atoms with Crippen LogP contribution in [-0.2, 0) is 19.6 Å². The van der Waals surface area contributed by atoms with E-state index in [0.717, 1.165) is 4.68 Å². The van der Waals surface area contributed by atoms with Gasteiger partial charge in [0.15, 0.2) is 5.82 Å². The zero-order valence-electron chi connectivity index (χ0n) is 12.3. The molecule has 0 fully saturated rings. The van der Waals surface area contributed by atoms with Gasteiger partial charge in [-0.25, -0.2) is 18.3 Å². The van der Waals surface area contributed by atoms with Crippen LogP contribution in [-0.4, -0.2) is 38.1 Å². The summed E-state index contributed by atoms with van der Waals surface area (Å²) in [6.45, 7) is -0.235. The molecule has 128 valence electrons. The molecule has 0 aliphatic carbocycles. The molecule has 6 nitrogen and oxygen atoms in total. The fourth-order valence-electron chi connectivity index (χ4n) is 2.53. The van der Waals surface area contributed by atoms with E-state index in [1.165, 1.54) is 21.6 Å². The fourth-order valence-corrected chi connectivity index (χ4v) is 2.83. The van der Waals surface area contributed by atoms with Gasteiger partial charge in [-0.3, -0.25) is 9.36 Å². The van der Waals surface area contributed by atoms with Crippen LogP contribution in [0.25, 0.3) is 0 Å². The number of amides is 1. The van der Waals surface area contributed by atoms with Crippen molar-refractivity contribution in [3.8, 4) is 0 Å². The number of carbonyl (C=O) groups excluding carboxylic acids is 1. The number of alkyl halides is 2. The van der Waals surface area contributed by atoms with Crippen molar-refractivity contribution >= 4 is 29.1 Å². The molecule has 0 atom stereocenters.